The van der Waals surface area contributed by atoms with Crippen molar-refractivity contribution in [2.24, 2.45) is 7.05 Å². The molecule has 0 saturated heterocycles. The van der Waals surface area contributed by atoms with Gasteiger partial charge in [-0.3, -0.25) is 9.67 Å². The van der Waals surface area contributed by atoms with Gasteiger partial charge in [0.1, 0.15) is 23.6 Å². The van der Waals surface area contributed by atoms with Crippen LogP contribution in [0.5, 0.6) is 11.5 Å². The smallest absolute Gasteiger partial charge is 0.434 e. The molecular formula is C22H19FN8O4. The van der Waals surface area contributed by atoms with Gasteiger partial charge in [0.05, 0.1) is 38.0 Å². The fourth-order valence-electron chi connectivity index (χ4n) is 3.51. The molecule has 0 atom stereocenters. The molecule has 1 N–H and O–H groups in total. The molecule has 4 aromatic heterocycles. The van der Waals surface area contributed by atoms with Gasteiger partial charge in [0.2, 0.25) is 5.89 Å². The summed E-state index contributed by atoms with van der Waals surface area (Å²) in [5.41, 5.74) is 2.28. The van der Waals surface area contributed by atoms with Crippen LogP contribution in [0, 0.1) is 5.82 Å². The Balaban J connectivity index is 1.66. The number of pyridine rings is 1. The minimum Gasteiger partial charge on any atom is -0.497 e. The lowest BCUT2D eigenvalue weighted by Crippen LogP contribution is -2.20. The van der Waals surface area contributed by atoms with E-state index in [0.717, 1.165) is 5.56 Å². The van der Waals surface area contributed by atoms with Gasteiger partial charge in [-0.05, 0) is 12.1 Å². The molecule has 0 aliphatic heterocycles. The van der Waals surface area contributed by atoms with Crippen LogP contribution >= 0.6 is 0 Å². The summed E-state index contributed by atoms with van der Waals surface area (Å²) in [6.45, 7) is -0.125. The maximum absolute atomic E-state index is 15.4. The van der Waals surface area contributed by atoms with E-state index in [1.807, 2.05) is 6.20 Å². The third-order valence-corrected chi connectivity index (χ3v) is 5.19. The topological polar surface area (TPSA) is 137 Å². The number of anilines is 2. The Labute approximate surface area is 197 Å². The average Bonchev–Trinajstić information content (AvgIpc) is 3.50. The van der Waals surface area contributed by atoms with Crippen LogP contribution in [0.25, 0.3) is 22.4 Å². The number of aromatic amines is 1. The molecule has 4 heterocycles. The van der Waals surface area contributed by atoms with E-state index < -0.39 is 11.6 Å². The fraction of sp³-hybridized carbons (Fsp3) is 0.182. The molecule has 35 heavy (non-hydrogen) atoms. The Kier molecular flexibility index (Phi) is 5.57. The van der Waals surface area contributed by atoms with E-state index in [9.17, 15) is 4.79 Å². The van der Waals surface area contributed by atoms with Gasteiger partial charge in [-0.15, -0.1) is 5.10 Å². The second-order valence-corrected chi connectivity index (χ2v) is 7.43. The van der Waals surface area contributed by atoms with E-state index in [-0.39, 0.29) is 23.9 Å². The summed E-state index contributed by atoms with van der Waals surface area (Å²) in [6, 6.07) is 6.26. The van der Waals surface area contributed by atoms with Gasteiger partial charge in [0.15, 0.2) is 17.2 Å². The Bertz CT molecular complexity index is 1580. The first-order chi connectivity index (χ1) is 16.9. The van der Waals surface area contributed by atoms with Crippen LogP contribution in [0.1, 0.15) is 5.89 Å². The summed E-state index contributed by atoms with van der Waals surface area (Å²) in [5.74, 6) is -0.757. The molecule has 0 radical (unpaired) electrons. The summed E-state index contributed by atoms with van der Waals surface area (Å²) in [5, 5.41) is 10.2. The molecule has 0 amide bonds. The van der Waals surface area contributed by atoms with Crippen LogP contribution in [-0.2, 0) is 13.6 Å². The van der Waals surface area contributed by atoms with Crippen molar-refractivity contribution in [1.82, 2.24) is 34.9 Å². The summed E-state index contributed by atoms with van der Waals surface area (Å²) >= 11 is 0. The molecule has 0 bridgehead atoms. The van der Waals surface area contributed by atoms with E-state index in [4.69, 9.17) is 13.9 Å². The number of hydrogen-bond donors (Lipinski definition) is 1. The average molecular weight is 478 g/mol. The predicted molar refractivity (Wildman–Crippen MR) is 122 cm³/mol. The molecule has 12 nitrogen and oxygen atoms in total. The van der Waals surface area contributed by atoms with Gasteiger partial charge < -0.3 is 18.8 Å². The molecule has 5 aromatic rings. The molecule has 0 fully saturated rings. The maximum Gasteiger partial charge on any atom is 0.434 e. The number of halogens is 1. The van der Waals surface area contributed by atoms with Crippen LogP contribution in [0.3, 0.4) is 0 Å². The summed E-state index contributed by atoms with van der Waals surface area (Å²) in [6.07, 6.45) is 5.11. The number of rotatable bonds is 7. The van der Waals surface area contributed by atoms with Crippen LogP contribution in [-0.4, -0.2) is 49.1 Å². The van der Waals surface area contributed by atoms with Gasteiger partial charge >= 0.3 is 5.76 Å². The molecule has 13 heteroatoms. The molecule has 1 aromatic carbocycles. The first-order valence-electron chi connectivity index (χ1n) is 10.3. The Morgan fingerprint density at radius 3 is 2.71 bits per heavy atom. The second kappa shape index (κ2) is 8.85. The third-order valence-electron chi connectivity index (χ3n) is 5.19. The molecule has 0 unspecified atom stereocenters. The molecule has 0 saturated carbocycles. The van der Waals surface area contributed by atoms with Crippen LogP contribution in [0.2, 0.25) is 0 Å². The first-order valence-corrected chi connectivity index (χ1v) is 10.3. The number of fused-ring (bicyclic) bond motifs is 1. The highest BCUT2D eigenvalue weighted by Gasteiger charge is 2.23. The number of ether oxygens (including phenoxy) is 2. The summed E-state index contributed by atoms with van der Waals surface area (Å²) < 4.78 is 32.6. The highest BCUT2D eigenvalue weighted by molar-refractivity contribution is 5.77. The number of aryl methyl sites for hydroxylation is 1. The van der Waals surface area contributed by atoms with Crippen molar-refractivity contribution >= 4 is 22.7 Å². The number of nitrogens with one attached hydrogen (secondary N) is 1. The minimum atomic E-state index is -0.734. The number of H-pyrrole nitrogens is 1. The molecule has 0 spiro atoms. The molecule has 178 valence electrons. The molecule has 5 rings (SSSR count). The highest BCUT2D eigenvalue weighted by Crippen LogP contribution is 2.37. The quantitative estimate of drug-likeness (QED) is 0.371. The van der Waals surface area contributed by atoms with E-state index in [1.54, 1.807) is 36.3 Å². The summed E-state index contributed by atoms with van der Waals surface area (Å²) in [7, 11) is 4.61. The zero-order chi connectivity index (χ0) is 24.5. The van der Waals surface area contributed by atoms with E-state index in [0.29, 0.717) is 28.4 Å². The number of benzene rings is 1. The van der Waals surface area contributed by atoms with Gasteiger partial charge in [-0.25, -0.2) is 24.3 Å². The number of hydrogen-bond acceptors (Lipinski definition) is 10. The third kappa shape index (κ3) is 4.26. The molecular weight excluding hydrogens is 459 g/mol. The SMILES string of the molecule is COc1cc(OC)c(F)c(N(Cc2n[nH]c(=O)o2)c2ccc3ncc(-c4cnn(C)c4)nc3n2)c1. The number of nitrogens with zero attached hydrogens (tertiary/aromatic N) is 7. The van der Waals surface area contributed by atoms with Crippen molar-refractivity contribution in [2.75, 3.05) is 19.1 Å². The van der Waals surface area contributed by atoms with Crippen molar-refractivity contribution in [2.45, 2.75) is 6.54 Å². The largest absolute Gasteiger partial charge is 0.497 e. The highest BCUT2D eigenvalue weighted by atomic mass is 19.1. The lowest BCUT2D eigenvalue weighted by molar-refractivity contribution is 0.374. The van der Waals surface area contributed by atoms with E-state index >= 15 is 4.39 Å². The van der Waals surface area contributed by atoms with Crippen LogP contribution in [0.4, 0.5) is 15.9 Å². The van der Waals surface area contributed by atoms with Crippen LogP contribution in [0.15, 0.2) is 52.1 Å². The van der Waals surface area contributed by atoms with Crippen LogP contribution < -0.4 is 20.1 Å². The Hall–Kier alpha value is -4.81. The zero-order valence-corrected chi connectivity index (χ0v) is 18.9. The van der Waals surface area contributed by atoms with Gasteiger partial charge in [0.25, 0.3) is 0 Å². The van der Waals surface area contributed by atoms with Gasteiger partial charge in [-0.2, -0.15) is 5.10 Å². The minimum absolute atomic E-state index is 0.0216. The number of aromatic nitrogens is 7. The standard InChI is InChI=1S/C22H19FN8O4/c1-30-10-12(8-25-30)15-9-24-14-4-5-18(27-21(14)26-15)31(11-19-28-29-22(32)35-19)16-6-13(33-2)7-17(34-3)20(16)23/h4-10H,11H2,1-3H3,(H,29,32). The zero-order valence-electron chi connectivity index (χ0n) is 18.9. The number of methoxy groups -OCH3 is 2. The fourth-order valence-corrected chi connectivity index (χ4v) is 3.51. The lowest BCUT2D eigenvalue weighted by atomic mass is 10.2. The van der Waals surface area contributed by atoms with Crippen molar-refractivity contribution in [1.29, 1.82) is 0 Å². The van der Waals surface area contributed by atoms with Crippen molar-refractivity contribution in [3.8, 4) is 22.8 Å². The molecule has 0 aliphatic carbocycles. The van der Waals surface area contributed by atoms with Gasteiger partial charge in [-0.1, -0.05) is 0 Å². The van der Waals surface area contributed by atoms with E-state index in [1.165, 1.54) is 31.3 Å². The Morgan fingerprint density at radius 1 is 1.17 bits per heavy atom. The van der Waals surface area contributed by atoms with E-state index in [2.05, 4.69) is 30.2 Å². The normalized spacial score (nSPS) is 11.1. The monoisotopic (exact) mass is 478 g/mol. The van der Waals surface area contributed by atoms with Crippen molar-refractivity contribution < 1.29 is 18.3 Å². The first kappa shape index (κ1) is 22.0. The lowest BCUT2D eigenvalue weighted by Gasteiger charge is -2.24. The Morgan fingerprint density at radius 2 is 2.03 bits per heavy atom. The predicted octanol–water partition coefficient (Wildman–Crippen LogP) is 2.60. The maximum atomic E-state index is 15.4. The second-order valence-electron chi connectivity index (χ2n) is 7.43. The van der Waals surface area contributed by atoms with Crippen molar-refractivity contribution in [3.63, 3.8) is 0 Å². The molecule has 0 aliphatic rings. The van der Waals surface area contributed by atoms with Gasteiger partial charge in [0, 0.05) is 30.9 Å². The van der Waals surface area contributed by atoms with Crippen molar-refractivity contribution in [3.05, 3.63) is 65.1 Å². The summed E-state index contributed by atoms with van der Waals surface area (Å²) in [4.78, 5) is 26.6.